The number of amides is 4. The molecule has 1 aliphatic heterocycles. The number of ether oxygens (including phenoxy) is 1. The van der Waals surface area contributed by atoms with Gasteiger partial charge in [-0.3, -0.25) is 29.3 Å². The molecule has 3 N–H and O–H groups in total. The zero-order valence-corrected chi connectivity index (χ0v) is 23.3. The van der Waals surface area contributed by atoms with Crippen molar-refractivity contribution in [1.29, 1.82) is 0 Å². The molecule has 4 atom stereocenters. The molecule has 4 amide bonds. The molecule has 2 aromatic rings. The van der Waals surface area contributed by atoms with Gasteiger partial charge in [-0.1, -0.05) is 76.1 Å². The highest BCUT2D eigenvalue weighted by molar-refractivity contribution is 6.16. The van der Waals surface area contributed by atoms with Gasteiger partial charge < -0.3 is 15.4 Å². The third kappa shape index (κ3) is 7.65. The van der Waals surface area contributed by atoms with E-state index in [1.807, 2.05) is 56.3 Å². The lowest BCUT2D eigenvalue weighted by Crippen LogP contribution is -2.50. The second kappa shape index (κ2) is 14.2. The van der Waals surface area contributed by atoms with Gasteiger partial charge >= 0.3 is 0 Å². The molecule has 40 heavy (non-hydrogen) atoms. The fourth-order valence-corrected chi connectivity index (χ4v) is 4.90. The lowest BCUT2D eigenvalue weighted by molar-refractivity contribution is -0.138. The van der Waals surface area contributed by atoms with Crippen LogP contribution in [0.15, 0.2) is 60.7 Å². The van der Waals surface area contributed by atoms with Gasteiger partial charge in [0, 0.05) is 6.08 Å². The van der Waals surface area contributed by atoms with Crippen molar-refractivity contribution in [2.24, 2.45) is 17.8 Å². The maximum Gasteiger partial charge on any atom is 0.244 e. The van der Waals surface area contributed by atoms with Crippen LogP contribution in [0.4, 0.5) is 0 Å². The summed E-state index contributed by atoms with van der Waals surface area (Å²) in [7, 11) is 1.58. The van der Waals surface area contributed by atoms with Crippen molar-refractivity contribution in [1.82, 2.24) is 16.0 Å². The summed E-state index contributed by atoms with van der Waals surface area (Å²) >= 11 is 0. The second-order valence-electron chi connectivity index (χ2n) is 9.93. The lowest BCUT2D eigenvalue weighted by atomic mass is 9.82. The SMILES string of the molecule is CCC(CC)C(NC(=O)C[C@H](NC(=O)/C=C/c1ccc(OC)cc1)c1ccccc1)C(=O)[C@@H]1C(=O)NC(=O)[C@H]1C. The van der Waals surface area contributed by atoms with Gasteiger partial charge in [-0.15, -0.1) is 0 Å². The number of methoxy groups -OCH3 is 1. The predicted octanol–water partition coefficient (Wildman–Crippen LogP) is 3.35. The number of Topliss-reactive ketones (excluding diaryl/α,β-unsaturated/α-hetero) is 1. The molecule has 0 aliphatic carbocycles. The summed E-state index contributed by atoms with van der Waals surface area (Å²) in [5.74, 6) is -3.90. The first kappa shape index (κ1) is 30.3. The molecule has 9 heteroatoms. The molecule has 1 saturated heterocycles. The number of nitrogens with one attached hydrogen (secondary N) is 3. The Morgan fingerprint density at radius 1 is 0.950 bits per heavy atom. The topological polar surface area (TPSA) is 131 Å². The smallest absolute Gasteiger partial charge is 0.244 e. The number of benzene rings is 2. The molecule has 212 valence electrons. The van der Waals surface area contributed by atoms with Crippen molar-refractivity contribution < 1.29 is 28.7 Å². The van der Waals surface area contributed by atoms with Crippen LogP contribution in [-0.4, -0.2) is 42.6 Å². The monoisotopic (exact) mass is 547 g/mol. The molecule has 0 bridgehead atoms. The molecular weight excluding hydrogens is 510 g/mol. The molecule has 0 radical (unpaired) electrons. The van der Waals surface area contributed by atoms with Crippen LogP contribution < -0.4 is 20.7 Å². The minimum absolute atomic E-state index is 0.124. The Kier molecular flexibility index (Phi) is 10.8. The van der Waals surface area contributed by atoms with Crippen molar-refractivity contribution in [2.45, 2.75) is 52.1 Å². The molecule has 9 nitrogen and oxygen atoms in total. The molecule has 0 spiro atoms. The van der Waals surface area contributed by atoms with Gasteiger partial charge in [0.15, 0.2) is 5.78 Å². The van der Waals surface area contributed by atoms with Crippen molar-refractivity contribution in [3.8, 4) is 5.75 Å². The van der Waals surface area contributed by atoms with Gasteiger partial charge in [-0.2, -0.15) is 0 Å². The maximum absolute atomic E-state index is 13.5. The Morgan fingerprint density at radius 2 is 1.60 bits per heavy atom. The van der Waals surface area contributed by atoms with Gasteiger partial charge in [-0.05, 0) is 35.3 Å². The van der Waals surface area contributed by atoms with Crippen molar-refractivity contribution >= 4 is 35.5 Å². The molecule has 1 aliphatic rings. The van der Waals surface area contributed by atoms with Gasteiger partial charge in [0.2, 0.25) is 23.6 Å². The number of rotatable bonds is 13. The van der Waals surface area contributed by atoms with Crippen LogP contribution in [0, 0.1) is 17.8 Å². The van der Waals surface area contributed by atoms with Crippen LogP contribution in [0.1, 0.15) is 57.2 Å². The van der Waals surface area contributed by atoms with Gasteiger partial charge in [0.25, 0.3) is 0 Å². The summed E-state index contributed by atoms with van der Waals surface area (Å²) in [6, 6.07) is 14.7. The average molecular weight is 548 g/mol. The molecule has 3 rings (SSSR count). The highest BCUT2D eigenvalue weighted by Gasteiger charge is 2.46. The van der Waals surface area contributed by atoms with Crippen LogP contribution in [-0.2, 0) is 24.0 Å². The van der Waals surface area contributed by atoms with E-state index in [1.165, 1.54) is 13.0 Å². The Bertz CT molecular complexity index is 1240. The summed E-state index contributed by atoms with van der Waals surface area (Å²) < 4.78 is 5.15. The van der Waals surface area contributed by atoms with E-state index in [0.29, 0.717) is 18.6 Å². The van der Waals surface area contributed by atoms with Crippen molar-refractivity contribution in [3.05, 3.63) is 71.8 Å². The molecule has 2 aromatic carbocycles. The number of ketones is 1. The van der Waals surface area contributed by atoms with Crippen LogP contribution in [0.5, 0.6) is 5.75 Å². The van der Waals surface area contributed by atoms with E-state index in [-0.39, 0.29) is 18.2 Å². The van der Waals surface area contributed by atoms with E-state index in [0.717, 1.165) is 11.1 Å². The molecular formula is C31H37N3O6. The maximum atomic E-state index is 13.5. The lowest BCUT2D eigenvalue weighted by Gasteiger charge is -2.28. The zero-order valence-electron chi connectivity index (χ0n) is 23.3. The third-order valence-corrected chi connectivity index (χ3v) is 7.34. The van der Waals surface area contributed by atoms with E-state index >= 15 is 0 Å². The predicted molar refractivity (Wildman–Crippen MR) is 151 cm³/mol. The summed E-state index contributed by atoms with van der Waals surface area (Å²) in [5.41, 5.74) is 1.53. The normalized spacial score (nSPS) is 18.3. The van der Waals surface area contributed by atoms with Crippen molar-refractivity contribution in [3.63, 3.8) is 0 Å². The summed E-state index contributed by atoms with van der Waals surface area (Å²) in [6.45, 7) is 5.35. The number of hydrogen-bond donors (Lipinski definition) is 3. The van der Waals surface area contributed by atoms with E-state index < -0.39 is 47.4 Å². The van der Waals surface area contributed by atoms with Gasteiger partial charge in [-0.25, -0.2) is 0 Å². The number of carbonyl (C=O) groups excluding carboxylic acids is 5. The van der Waals surface area contributed by atoms with E-state index in [9.17, 15) is 24.0 Å². The fourth-order valence-electron chi connectivity index (χ4n) is 4.90. The molecule has 0 aromatic heterocycles. The number of hydrogen-bond acceptors (Lipinski definition) is 6. The first-order valence-corrected chi connectivity index (χ1v) is 13.5. The Labute approximate surface area is 234 Å². The van der Waals surface area contributed by atoms with Crippen LogP contribution >= 0.6 is 0 Å². The molecule has 0 saturated carbocycles. The highest BCUT2D eigenvalue weighted by atomic mass is 16.5. The molecule has 1 heterocycles. The third-order valence-electron chi connectivity index (χ3n) is 7.34. The van der Waals surface area contributed by atoms with E-state index in [1.54, 1.807) is 25.3 Å². The largest absolute Gasteiger partial charge is 0.497 e. The number of carbonyl (C=O) groups is 5. The molecule has 1 fully saturated rings. The minimum atomic E-state index is -1.15. The average Bonchev–Trinajstić information content (AvgIpc) is 3.22. The van der Waals surface area contributed by atoms with Crippen LogP contribution in [0.3, 0.4) is 0 Å². The van der Waals surface area contributed by atoms with E-state index in [4.69, 9.17) is 4.74 Å². The van der Waals surface area contributed by atoms with Gasteiger partial charge in [0.05, 0.1) is 31.5 Å². The highest BCUT2D eigenvalue weighted by Crippen LogP contribution is 2.26. The summed E-state index contributed by atoms with van der Waals surface area (Å²) in [4.78, 5) is 64.0. The van der Waals surface area contributed by atoms with Gasteiger partial charge in [0.1, 0.15) is 11.7 Å². The van der Waals surface area contributed by atoms with E-state index in [2.05, 4.69) is 16.0 Å². The Hall–Kier alpha value is -4.27. The second-order valence-corrected chi connectivity index (χ2v) is 9.93. The van der Waals surface area contributed by atoms with Crippen molar-refractivity contribution in [2.75, 3.05) is 7.11 Å². The molecule has 1 unspecified atom stereocenters. The minimum Gasteiger partial charge on any atom is -0.497 e. The van der Waals surface area contributed by atoms with Crippen LogP contribution in [0.25, 0.3) is 6.08 Å². The Morgan fingerprint density at radius 3 is 2.15 bits per heavy atom. The summed E-state index contributed by atoms with van der Waals surface area (Å²) in [5, 5.41) is 7.93. The standard InChI is InChI=1S/C31H37N3O6/c1-5-21(6-2)28(29(37)27-19(3)30(38)34-31(27)39)33-26(36)18-24(22-10-8-7-9-11-22)32-25(35)17-14-20-12-15-23(40-4)16-13-20/h7-17,19,21,24,27-28H,5-6,18H2,1-4H3,(H,32,35)(H,33,36)(H,34,38,39)/b17-14+/t19-,24-,27+,28?/m0/s1. The summed E-state index contributed by atoms with van der Waals surface area (Å²) in [6.07, 6.45) is 4.12. The first-order valence-electron chi connectivity index (χ1n) is 13.5. The van der Waals surface area contributed by atoms with Crippen LogP contribution in [0.2, 0.25) is 0 Å². The Balaban J connectivity index is 1.76. The number of imide groups is 1. The first-order chi connectivity index (χ1) is 19.2. The quantitative estimate of drug-likeness (QED) is 0.200. The zero-order chi connectivity index (χ0) is 29.2. The fraction of sp³-hybridized carbons (Fsp3) is 0.387.